The zero-order valence-corrected chi connectivity index (χ0v) is 14.2. The minimum absolute atomic E-state index is 0. The first-order valence-corrected chi connectivity index (χ1v) is 8.85. The van der Waals surface area contributed by atoms with Crippen molar-refractivity contribution in [2.75, 3.05) is 13.1 Å². The molecule has 0 aliphatic carbocycles. The minimum atomic E-state index is -3.71. The number of halogens is 1. The van der Waals surface area contributed by atoms with Crippen molar-refractivity contribution in [1.82, 2.24) is 10.0 Å². The van der Waals surface area contributed by atoms with Crippen LogP contribution in [-0.4, -0.2) is 38.8 Å². The summed E-state index contributed by atoms with van der Waals surface area (Å²) in [7, 11) is -3.71. The van der Waals surface area contributed by atoms with Crippen molar-refractivity contribution >= 4 is 44.4 Å². The van der Waals surface area contributed by atoms with E-state index in [2.05, 4.69) is 10.0 Å². The molecule has 2 unspecified atom stereocenters. The lowest BCUT2D eigenvalue weighted by molar-refractivity contribution is 0.173. The molecule has 0 radical (unpaired) electrons. The zero-order valence-electron chi connectivity index (χ0n) is 12.6. The Balaban J connectivity index is 0.00000169. The number of β-amino-alcohol motifs (C(OH)–C–C–N with tert-alkyl or cyclic N) is 1. The summed E-state index contributed by atoms with van der Waals surface area (Å²) in [6.07, 6.45) is -0.719. The molecular weight excluding hydrogens is 352 g/mol. The van der Waals surface area contributed by atoms with E-state index < -0.39 is 22.2 Å². The third-order valence-electron chi connectivity index (χ3n) is 4.15. The number of benzene rings is 2. The van der Waals surface area contributed by atoms with E-state index in [0.29, 0.717) is 18.7 Å². The van der Waals surface area contributed by atoms with Crippen LogP contribution in [0.5, 0.6) is 0 Å². The van der Waals surface area contributed by atoms with Gasteiger partial charge in [-0.1, -0.05) is 18.2 Å². The van der Waals surface area contributed by atoms with Gasteiger partial charge in [-0.05, 0) is 24.3 Å². The zero-order chi connectivity index (χ0) is 16.0. The van der Waals surface area contributed by atoms with Gasteiger partial charge in [0.2, 0.25) is 10.0 Å². The molecule has 1 aliphatic rings. The second-order valence-electron chi connectivity index (χ2n) is 5.71. The van der Waals surface area contributed by atoms with Crippen molar-refractivity contribution in [2.24, 2.45) is 0 Å². The molecule has 8 heteroatoms. The predicted molar refractivity (Wildman–Crippen MR) is 94.0 cm³/mol. The fourth-order valence-corrected chi connectivity index (χ4v) is 4.22. The van der Waals surface area contributed by atoms with Crippen LogP contribution in [0, 0.1) is 0 Å². The number of nitrogens with one attached hydrogen (secondary N) is 2. The van der Waals surface area contributed by atoms with Crippen molar-refractivity contribution in [3.8, 4) is 0 Å². The second kappa shape index (κ2) is 6.34. The van der Waals surface area contributed by atoms with Gasteiger partial charge in [0.25, 0.3) is 0 Å². The van der Waals surface area contributed by atoms with Crippen LogP contribution in [0.4, 0.5) is 0 Å². The van der Waals surface area contributed by atoms with Crippen LogP contribution in [0.3, 0.4) is 0 Å². The van der Waals surface area contributed by atoms with Crippen LogP contribution >= 0.6 is 12.4 Å². The largest absolute Gasteiger partial charge is 0.456 e. The van der Waals surface area contributed by atoms with Gasteiger partial charge in [0.1, 0.15) is 11.2 Å². The molecule has 1 saturated heterocycles. The van der Waals surface area contributed by atoms with Crippen molar-refractivity contribution in [2.45, 2.75) is 17.0 Å². The number of furan rings is 1. The molecule has 4 rings (SSSR count). The predicted octanol–water partition coefficient (Wildman–Crippen LogP) is 1.62. The molecule has 1 aliphatic heterocycles. The molecule has 2 aromatic carbocycles. The van der Waals surface area contributed by atoms with Crippen molar-refractivity contribution in [3.63, 3.8) is 0 Å². The fraction of sp³-hybridized carbons (Fsp3) is 0.250. The fourth-order valence-electron chi connectivity index (χ4n) is 2.92. The first-order valence-electron chi connectivity index (χ1n) is 7.37. The molecule has 128 valence electrons. The molecule has 0 amide bonds. The number of sulfonamides is 1. The van der Waals surface area contributed by atoms with Crippen LogP contribution in [0.2, 0.25) is 0 Å². The molecular formula is C16H17ClN2O4S. The van der Waals surface area contributed by atoms with Crippen LogP contribution in [0.25, 0.3) is 21.9 Å². The molecule has 0 spiro atoms. The lowest BCUT2D eigenvalue weighted by atomic mass is 10.1. The Hall–Kier alpha value is -1.64. The van der Waals surface area contributed by atoms with Crippen LogP contribution < -0.4 is 10.0 Å². The van der Waals surface area contributed by atoms with E-state index in [-0.39, 0.29) is 17.3 Å². The van der Waals surface area contributed by atoms with E-state index in [4.69, 9.17) is 4.42 Å². The standard InChI is InChI=1S/C16H16N2O4S.ClH/c19-14-9-17-8-13(14)18-23(20,21)10-5-6-16-12(7-10)11-3-1-2-4-15(11)22-16;/h1-7,13-14,17-19H,8-9H2;1H. The van der Waals surface area contributed by atoms with Gasteiger partial charge in [0, 0.05) is 23.9 Å². The topological polar surface area (TPSA) is 91.6 Å². The average molecular weight is 369 g/mol. The number of para-hydroxylation sites is 1. The van der Waals surface area contributed by atoms with Crippen LogP contribution in [0.15, 0.2) is 51.8 Å². The molecule has 1 aromatic heterocycles. The highest BCUT2D eigenvalue weighted by atomic mass is 35.5. The van der Waals surface area contributed by atoms with Gasteiger partial charge in [-0.2, -0.15) is 0 Å². The van der Waals surface area contributed by atoms with Crippen molar-refractivity contribution in [3.05, 3.63) is 42.5 Å². The Morgan fingerprint density at radius 2 is 1.83 bits per heavy atom. The van der Waals surface area contributed by atoms with Crippen molar-refractivity contribution < 1.29 is 17.9 Å². The highest BCUT2D eigenvalue weighted by molar-refractivity contribution is 7.89. The van der Waals surface area contributed by atoms with Gasteiger partial charge in [-0.25, -0.2) is 13.1 Å². The second-order valence-corrected chi connectivity index (χ2v) is 7.42. The maximum atomic E-state index is 12.6. The lowest BCUT2D eigenvalue weighted by Gasteiger charge is -2.15. The first-order chi connectivity index (χ1) is 11.0. The quantitative estimate of drug-likeness (QED) is 0.653. The molecule has 6 nitrogen and oxygen atoms in total. The Bertz CT molecular complexity index is 986. The number of hydrogen-bond acceptors (Lipinski definition) is 5. The summed E-state index contributed by atoms with van der Waals surface area (Å²) in [5, 5.41) is 14.4. The van der Waals surface area contributed by atoms with E-state index in [0.717, 1.165) is 16.4 Å². The number of hydrogen-bond donors (Lipinski definition) is 3. The summed E-state index contributed by atoms with van der Waals surface area (Å²) in [6, 6.07) is 11.8. The van der Waals surface area contributed by atoms with Gasteiger partial charge < -0.3 is 14.8 Å². The van der Waals surface area contributed by atoms with Gasteiger partial charge in [0.15, 0.2) is 0 Å². The monoisotopic (exact) mass is 368 g/mol. The third-order valence-corrected chi connectivity index (χ3v) is 5.63. The van der Waals surface area contributed by atoms with E-state index >= 15 is 0 Å². The molecule has 0 saturated carbocycles. The number of rotatable bonds is 3. The highest BCUT2D eigenvalue weighted by Crippen LogP contribution is 2.30. The van der Waals surface area contributed by atoms with Gasteiger partial charge in [-0.15, -0.1) is 12.4 Å². The SMILES string of the molecule is Cl.O=S(=O)(NC1CNCC1O)c1ccc2oc3ccccc3c2c1. The highest BCUT2D eigenvalue weighted by Gasteiger charge is 2.29. The smallest absolute Gasteiger partial charge is 0.240 e. The van der Waals surface area contributed by atoms with Gasteiger partial charge in [-0.3, -0.25) is 0 Å². The molecule has 2 heterocycles. The van der Waals surface area contributed by atoms with E-state index in [1.807, 2.05) is 24.3 Å². The first kappa shape index (κ1) is 17.2. The maximum absolute atomic E-state index is 12.6. The molecule has 3 aromatic rings. The maximum Gasteiger partial charge on any atom is 0.240 e. The summed E-state index contributed by atoms with van der Waals surface area (Å²) < 4.78 is 33.4. The van der Waals surface area contributed by atoms with Crippen LogP contribution in [0.1, 0.15) is 0 Å². The third kappa shape index (κ3) is 2.89. The summed E-state index contributed by atoms with van der Waals surface area (Å²) in [5.41, 5.74) is 1.37. The summed E-state index contributed by atoms with van der Waals surface area (Å²) in [6.45, 7) is 0.801. The number of aliphatic hydroxyl groups excluding tert-OH is 1. The summed E-state index contributed by atoms with van der Waals surface area (Å²) in [4.78, 5) is 0.163. The Morgan fingerprint density at radius 3 is 2.58 bits per heavy atom. The Kier molecular flexibility index (Phi) is 4.54. The van der Waals surface area contributed by atoms with Crippen LogP contribution in [-0.2, 0) is 10.0 Å². The van der Waals surface area contributed by atoms with E-state index in [1.165, 1.54) is 6.07 Å². The number of aliphatic hydroxyl groups is 1. The molecule has 3 N–H and O–H groups in total. The minimum Gasteiger partial charge on any atom is -0.456 e. The van der Waals surface area contributed by atoms with Gasteiger partial charge >= 0.3 is 0 Å². The summed E-state index contributed by atoms with van der Waals surface area (Å²) in [5.74, 6) is 0. The molecule has 1 fully saturated rings. The summed E-state index contributed by atoms with van der Waals surface area (Å²) >= 11 is 0. The normalized spacial score (nSPS) is 21.2. The van der Waals surface area contributed by atoms with E-state index in [1.54, 1.807) is 12.1 Å². The average Bonchev–Trinajstić information content (AvgIpc) is 3.10. The Labute approximate surface area is 145 Å². The van der Waals surface area contributed by atoms with E-state index in [9.17, 15) is 13.5 Å². The molecule has 0 bridgehead atoms. The van der Waals surface area contributed by atoms with Crippen molar-refractivity contribution in [1.29, 1.82) is 0 Å². The number of fused-ring (bicyclic) bond motifs is 3. The Morgan fingerprint density at radius 1 is 1.08 bits per heavy atom. The lowest BCUT2D eigenvalue weighted by Crippen LogP contribution is -2.42. The molecule has 2 atom stereocenters. The van der Waals surface area contributed by atoms with Gasteiger partial charge in [0.05, 0.1) is 17.0 Å². The molecule has 24 heavy (non-hydrogen) atoms.